The minimum absolute atomic E-state index is 0.0575. The van der Waals surface area contributed by atoms with Crippen molar-refractivity contribution < 1.29 is 9.84 Å². The number of hydrogen-bond donors (Lipinski definition) is 1. The van der Waals surface area contributed by atoms with Crippen LogP contribution in [0.1, 0.15) is 32.1 Å². The van der Waals surface area contributed by atoms with Crippen molar-refractivity contribution in [2.24, 2.45) is 0 Å². The van der Waals surface area contributed by atoms with Gasteiger partial charge < -0.3 is 9.84 Å². The Bertz CT molecular complexity index is 167. The topological polar surface area (TPSA) is 32.7 Å². The molecule has 1 aliphatic heterocycles. The minimum atomic E-state index is -0.0575. The van der Waals surface area contributed by atoms with Crippen molar-refractivity contribution in [3.63, 3.8) is 0 Å². The average molecular weight is 199 g/mol. The standard InChI is InChI=1S/C11H21NO2/c13-11-4-1-3-10(9-11)12-5-2-7-14-8-6-12/h10-11,13H,1-9H2. The molecule has 1 heterocycles. The normalized spacial score (nSPS) is 36.6. The molecule has 1 saturated heterocycles. The lowest BCUT2D eigenvalue weighted by Crippen LogP contribution is -2.41. The van der Waals surface area contributed by atoms with Crippen molar-refractivity contribution in [2.45, 2.75) is 44.2 Å². The van der Waals surface area contributed by atoms with Crippen molar-refractivity contribution in [1.29, 1.82) is 0 Å². The van der Waals surface area contributed by atoms with Gasteiger partial charge in [0.25, 0.3) is 0 Å². The van der Waals surface area contributed by atoms with Gasteiger partial charge in [0.15, 0.2) is 0 Å². The molecule has 82 valence electrons. The molecule has 14 heavy (non-hydrogen) atoms. The molecule has 2 unspecified atom stereocenters. The highest BCUT2D eigenvalue weighted by Gasteiger charge is 2.25. The van der Waals surface area contributed by atoms with Crippen LogP contribution < -0.4 is 0 Å². The van der Waals surface area contributed by atoms with E-state index in [1.807, 2.05) is 0 Å². The van der Waals surface area contributed by atoms with E-state index in [1.54, 1.807) is 0 Å². The lowest BCUT2D eigenvalue weighted by molar-refractivity contribution is 0.0588. The Morgan fingerprint density at radius 1 is 1.07 bits per heavy atom. The van der Waals surface area contributed by atoms with E-state index in [0.717, 1.165) is 45.6 Å². The summed E-state index contributed by atoms with van der Waals surface area (Å²) < 4.78 is 5.44. The van der Waals surface area contributed by atoms with Crippen LogP contribution in [0, 0.1) is 0 Å². The fourth-order valence-corrected chi connectivity index (χ4v) is 2.60. The van der Waals surface area contributed by atoms with Gasteiger partial charge >= 0.3 is 0 Å². The predicted molar refractivity (Wildman–Crippen MR) is 55.3 cm³/mol. The molecule has 0 spiro atoms. The fourth-order valence-electron chi connectivity index (χ4n) is 2.60. The Morgan fingerprint density at radius 3 is 2.86 bits per heavy atom. The van der Waals surface area contributed by atoms with Crippen LogP contribution in [0.25, 0.3) is 0 Å². The molecule has 0 bridgehead atoms. The number of nitrogens with zero attached hydrogens (tertiary/aromatic N) is 1. The van der Waals surface area contributed by atoms with Gasteiger partial charge in [-0.05, 0) is 32.1 Å². The van der Waals surface area contributed by atoms with E-state index in [2.05, 4.69) is 4.90 Å². The number of aliphatic hydroxyl groups excluding tert-OH is 1. The first-order valence-electron chi connectivity index (χ1n) is 5.86. The van der Waals surface area contributed by atoms with Gasteiger partial charge in [-0.1, -0.05) is 0 Å². The quantitative estimate of drug-likeness (QED) is 0.684. The molecule has 3 heteroatoms. The summed E-state index contributed by atoms with van der Waals surface area (Å²) in [6.45, 7) is 3.98. The van der Waals surface area contributed by atoms with Gasteiger partial charge in [0.1, 0.15) is 0 Å². The van der Waals surface area contributed by atoms with Gasteiger partial charge in [0, 0.05) is 25.7 Å². The van der Waals surface area contributed by atoms with Crippen molar-refractivity contribution in [2.75, 3.05) is 26.3 Å². The maximum absolute atomic E-state index is 9.62. The van der Waals surface area contributed by atoms with Crippen molar-refractivity contribution >= 4 is 0 Å². The molecule has 2 rings (SSSR count). The van der Waals surface area contributed by atoms with Gasteiger partial charge in [-0.15, -0.1) is 0 Å². The lowest BCUT2D eigenvalue weighted by Gasteiger charge is -2.35. The molecular weight excluding hydrogens is 178 g/mol. The summed E-state index contributed by atoms with van der Waals surface area (Å²) in [4.78, 5) is 2.51. The largest absolute Gasteiger partial charge is 0.393 e. The Labute approximate surface area is 86.0 Å². The van der Waals surface area contributed by atoms with Crippen LogP contribution in [0.4, 0.5) is 0 Å². The summed E-state index contributed by atoms with van der Waals surface area (Å²) >= 11 is 0. The average Bonchev–Trinajstić information content (AvgIpc) is 2.45. The number of rotatable bonds is 1. The molecule has 2 atom stereocenters. The Kier molecular flexibility index (Phi) is 3.79. The van der Waals surface area contributed by atoms with Gasteiger partial charge in [0.05, 0.1) is 12.7 Å². The molecule has 0 radical (unpaired) electrons. The zero-order valence-corrected chi connectivity index (χ0v) is 8.82. The lowest BCUT2D eigenvalue weighted by atomic mass is 9.92. The van der Waals surface area contributed by atoms with Gasteiger partial charge in [-0.2, -0.15) is 0 Å². The minimum Gasteiger partial charge on any atom is -0.393 e. The molecular formula is C11H21NO2. The molecule has 1 N–H and O–H groups in total. The van der Waals surface area contributed by atoms with E-state index in [0.29, 0.717) is 6.04 Å². The maximum Gasteiger partial charge on any atom is 0.0593 e. The molecule has 1 aliphatic carbocycles. The number of aliphatic hydroxyl groups is 1. The third-order valence-electron chi connectivity index (χ3n) is 3.39. The van der Waals surface area contributed by atoms with Gasteiger partial charge in [-0.25, -0.2) is 0 Å². The van der Waals surface area contributed by atoms with Crippen LogP contribution in [0.5, 0.6) is 0 Å². The van der Waals surface area contributed by atoms with Crippen LogP contribution in [-0.2, 0) is 4.74 Å². The van der Waals surface area contributed by atoms with E-state index < -0.39 is 0 Å². The second-order valence-corrected chi connectivity index (χ2v) is 4.48. The van der Waals surface area contributed by atoms with E-state index in [1.165, 1.54) is 12.8 Å². The predicted octanol–water partition coefficient (Wildman–Crippen LogP) is 1.01. The summed E-state index contributed by atoms with van der Waals surface area (Å²) in [5.74, 6) is 0. The highest BCUT2D eigenvalue weighted by molar-refractivity contribution is 4.80. The molecule has 0 aromatic rings. The third kappa shape index (κ3) is 2.69. The Morgan fingerprint density at radius 2 is 2.00 bits per heavy atom. The fraction of sp³-hybridized carbons (Fsp3) is 1.00. The molecule has 1 saturated carbocycles. The first kappa shape index (κ1) is 10.4. The zero-order valence-electron chi connectivity index (χ0n) is 8.82. The summed E-state index contributed by atoms with van der Waals surface area (Å²) in [6, 6.07) is 0.612. The van der Waals surface area contributed by atoms with Gasteiger partial charge in [-0.3, -0.25) is 4.90 Å². The molecule has 0 amide bonds. The first-order chi connectivity index (χ1) is 6.86. The van der Waals surface area contributed by atoms with E-state index in [9.17, 15) is 5.11 Å². The van der Waals surface area contributed by atoms with Crippen molar-refractivity contribution in [3.8, 4) is 0 Å². The highest BCUT2D eigenvalue weighted by atomic mass is 16.5. The van der Waals surface area contributed by atoms with E-state index in [-0.39, 0.29) is 6.10 Å². The molecule has 3 nitrogen and oxygen atoms in total. The zero-order chi connectivity index (χ0) is 9.80. The summed E-state index contributed by atoms with van der Waals surface area (Å²) in [6.07, 6.45) is 5.51. The Balaban J connectivity index is 1.85. The molecule has 0 aromatic carbocycles. The van der Waals surface area contributed by atoms with Crippen molar-refractivity contribution in [3.05, 3.63) is 0 Å². The second kappa shape index (κ2) is 5.10. The first-order valence-corrected chi connectivity index (χ1v) is 5.86. The van der Waals surface area contributed by atoms with E-state index >= 15 is 0 Å². The summed E-state index contributed by atoms with van der Waals surface area (Å²) in [7, 11) is 0. The SMILES string of the molecule is OC1CCCC(N2CCCOCC2)C1. The molecule has 0 aromatic heterocycles. The van der Waals surface area contributed by atoms with E-state index in [4.69, 9.17) is 4.74 Å². The third-order valence-corrected chi connectivity index (χ3v) is 3.39. The van der Waals surface area contributed by atoms with Gasteiger partial charge in [0.2, 0.25) is 0 Å². The smallest absolute Gasteiger partial charge is 0.0593 e. The summed E-state index contributed by atoms with van der Waals surface area (Å²) in [5, 5.41) is 9.62. The Hall–Kier alpha value is -0.120. The second-order valence-electron chi connectivity index (χ2n) is 4.48. The van der Waals surface area contributed by atoms with Crippen LogP contribution in [0.3, 0.4) is 0 Å². The number of ether oxygens (including phenoxy) is 1. The summed E-state index contributed by atoms with van der Waals surface area (Å²) in [5.41, 5.74) is 0. The highest BCUT2D eigenvalue weighted by Crippen LogP contribution is 2.23. The van der Waals surface area contributed by atoms with Crippen LogP contribution >= 0.6 is 0 Å². The molecule has 2 fully saturated rings. The van der Waals surface area contributed by atoms with Crippen LogP contribution in [0.2, 0.25) is 0 Å². The van der Waals surface area contributed by atoms with Crippen molar-refractivity contribution in [1.82, 2.24) is 4.90 Å². The molecule has 2 aliphatic rings. The number of hydrogen-bond acceptors (Lipinski definition) is 3. The maximum atomic E-state index is 9.62. The van der Waals surface area contributed by atoms with Crippen LogP contribution in [0.15, 0.2) is 0 Å². The van der Waals surface area contributed by atoms with Crippen LogP contribution in [-0.4, -0.2) is 48.5 Å². The monoisotopic (exact) mass is 199 g/mol.